The van der Waals surface area contributed by atoms with Crippen molar-refractivity contribution in [3.8, 4) is 5.88 Å². The summed E-state index contributed by atoms with van der Waals surface area (Å²) in [5, 5.41) is 0. The zero-order valence-electron chi connectivity index (χ0n) is 12.6. The monoisotopic (exact) mass is 297 g/mol. The van der Waals surface area contributed by atoms with Crippen LogP contribution in [0.25, 0.3) is 0 Å². The van der Waals surface area contributed by atoms with E-state index in [-0.39, 0.29) is 5.91 Å². The second-order valence-electron chi connectivity index (χ2n) is 5.30. The highest BCUT2D eigenvalue weighted by Gasteiger charge is 2.24. The van der Waals surface area contributed by atoms with Gasteiger partial charge in [0.15, 0.2) is 0 Å². The van der Waals surface area contributed by atoms with E-state index >= 15 is 0 Å². The molecular formula is C17H19N3O2. The zero-order valence-corrected chi connectivity index (χ0v) is 12.6. The molecule has 1 fully saturated rings. The molecule has 0 aliphatic carbocycles. The van der Waals surface area contributed by atoms with Crippen molar-refractivity contribution >= 4 is 11.6 Å². The van der Waals surface area contributed by atoms with Crippen molar-refractivity contribution in [2.45, 2.75) is 6.54 Å². The van der Waals surface area contributed by atoms with Crippen molar-refractivity contribution in [2.75, 3.05) is 31.6 Å². The summed E-state index contributed by atoms with van der Waals surface area (Å²) in [7, 11) is 1.60. The van der Waals surface area contributed by atoms with Gasteiger partial charge >= 0.3 is 0 Å². The molecule has 5 heteroatoms. The molecule has 1 aliphatic heterocycles. The number of aromatic nitrogens is 1. The van der Waals surface area contributed by atoms with Gasteiger partial charge in [0, 0.05) is 37.6 Å². The average Bonchev–Trinajstić information content (AvgIpc) is 2.56. The number of carbonyl (C=O) groups is 1. The smallest absolute Gasteiger partial charge is 0.241 e. The molecule has 1 aliphatic rings. The predicted octanol–water partition coefficient (Wildman–Crippen LogP) is 1.94. The number of pyridine rings is 1. The van der Waals surface area contributed by atoms with Crippen LogP contribution in [0.4, 0.5) is 5.69 Å². The normalized spacial score (nSPS) is 15.9. The number of carbonyl (C=O) groups excluding carboxylic acids is 1. The number of nitrogens with zero attached hydrogens (tertiary/aromatic N) is 3. The van der Waals surface area contributed by atoms with E-state index in [9.17, 15) is 4.79 Å². The van der Waals surface area contributed by atoms with E-state index in [2.05, 4.69) is 9.88 Å². The van der Waals surface area contributed by atoms with Gasteiger partial charge in [-0.3, -0.25) is 9.69 Å². The third kappa shape index (κ3) is 3.26. The fourth-order valence-corrected chi connectivity index (χ4v) is 2.62. The van der Waals surface area contributed by atoms with Gasteiger partial charge in [0.05, 0.1) is 13.7 Å². The van der Waals surface area contributed by atoms with Crippen LogP contribution in [-0.4, -0.2) is 42.5 Å². The van der Waals surface area contributed by atoms with Crippen molar-refractivity contribution in [1.82, 2.24) is 9.88 Å². The predicted molar refractivity (Wildman–Crippen MR) is 84.9 cm³/mol. The van der Waals surface area contributed by atoms with E-state index in [0.717, 1.165) is 24.3 Å². The van der Waals surface area contributed by atoms with Crippen LogP contribution in [0.15, 0.2) is 48.7 Å². The highest BCUT2D eigenvalue weighted by molar-refractivity contribution is 5.95. The minimum absolute atomic E-state index is 0.138. The van der Waals surface area contributed by atoms with E-state index < -0.39 is 0 Å². The first-order chi connectivity index (χ1) is 10.8. The summed E-state index contributed by atoms with van der Waals surface area (Å²) in [4.78, 5) is 20.5. The molecule has 0 atom stereocenters. The number of piperazine rings is 1. The lowest BCUT2D eigenvalue weighted by Crippen LogP contribution is -2.50. The maximum Gasteiger partial charge on any atom is 0.241 e. The topological polar surface area (TPSA) is 45.7 Å². The quantitative estimate of drug-likeness (QED) is 0.865. The Hall–Kier alpha value is -2.40. The molecule has 0 N–H and O–H groups in total. The summed E-state index contributed by atoms with van der Waals surface area (Å²) >= 11 is 0. The summed E-state index contributed by atoms with van der Waals surface area (Å²) in [6, 6.07) is 13.6. The molecule has 1 aromatic heterocycles. The second-order valence-corrected chi connectivity index (χ2v) is 5.30. The Morgan fingerprint density at radius 2 is 1.95 bits per heavy atom. The van der Waals surface area contributed by atoms with Crippen LogP contribution in [-0.2, 0) is 11.3 Å². The maximum atomic E-state index is 12.3. The Kier molecular flexibility index (Phi) is 4.34. The molecule has 0 bridgehead atoms. The SMILES string of the molecule is COc1ccc(CN2CCN(c3ccccc3)C(=O)C2)cn1. The molecule has 0 unspecified atom stereocenters. The Morgan fingerprint density at radius 3 is 2.59 bits per heavy atom. The summed E-state index contributed by atoms with van der Waals surface area (Å²) < 4.78 is 5.05. The van der Waals surface area contributed by atoms with Gasteiger partial charge in [-0.1, -0.05) is 24.3 Å². The van der Waals surface area contributed by atoms with Crippen LogP contribution in [0.1, 0.15) is 5.56 Å². The third-order valence-electron chi connectivity index (χ3n) is 3.78. The fraction of sp³-hybridized carbons (Fsp3) is 0.294. The largest absolute Gasteiger partial charge is 0.481 e. The van der Waals surface area contributed by atoms with Gasteiger partial charge in [0.1, 0.15) is 0 Å². The molecule has 2 heterocycles. The molecule has 2 aromatic rings. The first-order valence-electron chi connectivity index (χ1n) is 7.33. The Balaban J connectivity index is 1.61. The van der Waals surface area contributed by atoms with Crippen molar-refractivity contribution in [3.63, 3.8) is 0 Å². The van der Waals surface area contributed by atoms with Crippen LogP contribution in [0, 0.1) is 0 Å². The number of amides is 1. The highest BCUT2D eigenvalue weighted by Crippen LogP contribution is 2.18. The van der Waals surface area contributed by atoms with Gasteiger partial charge in [0.2, 0.25) is 11.8 Å². The number of hydrogen-bond donors (Lipinski definition) is 0. The number of anilines is 1. The zero-order chi connectivity index (χ0) is 15.4. The van der Waals surface area contributed by atoms with Crippen molar-refractivity contribution < 1.29 is 9.53 Å². The number of ether oxygens (including phenoxy) is 1. The molecule has 1 amide bonds. The molecule has 1 saturated heterocycles. The fourth-order valence-electron chi connectivity index (χ4n) is 2.62. The van der Waals surface area contributed by atoms with E-state index in [0.29, 0.717) is 19.0 Å². The summed E-state index contributed by atoms with van der Waals surface area (Å²) in [5.74, 6) is 0.743. The molecule has 114 valence electrons. The van der Waals surface area contributed by atoms with Crippen molar-refractivity contribution in [3.05, 3.63) is 54.2 Å². The van der Waals surface area contributed by atoms with Crippen LogP contribution >= 0.6 is 0 Å². The number of benzene rings is 1. The van der Waals surface area contributed by atoms with Gasteiger partial charge in [-0.2, -0.15) is 0 Å². The van der Waals surface area contributed by atoms with E-state index in [4.69, 9.17) is 4.74 Å². The van der Waals surface area contributed by atoms with Gasteiger partial charge in [-0.15, -0.1) is 0 Å². The number of hydrogen-bond acceptors (Lipinski definition) is 4. The van der Waals surface area contributed by atoms with E-state index in [1.807, 2.05) is 47.4 Å². The molecule has 1 aromatic carbocycles. The lowest BCUT2D eigenvalue weighted by atomic mass is 10.2. The molecule has 0 saturated carbocycles. The van der Waals surface area contributed by atoms with Gasteiger partial charge in [-0.25, -0.2) is 4.98 Å². The van der Waals surface area contributed by atoms with E-state index in [1.165, 1.54) is 0 Å². The lowest BCUT2D eigenvalue weighted by molar-refractivity contribution is -0.121. The number of para-hydroxylation sites is 1. The maximum absolute atomic E-state index is 12.3. The Morgan fingerprint density at radius 1 is 1.14 bits per heavy atom. The van der Waals surface area contributed by atoms with E-state index in [1.54, 1.807) is 13.3 Å². The highest BCUT2D eigenvalue weighted by atomic mass is 16.5. The average molecular weight is 297 g/mol. The standard InChI is InChI=1S/C17H19N3O2/c1-22-16-8-7-14(11-18-16)12-19-9-10-20(17(21)13-19)15-5-3-2-4-6-15/h2-8,11H,9-10,12-13H2,1H3. The molecule has 0 spiro atoms. The summed E-state index contributed by atoms with van der Waals surface area (Å²) in [6.07, 6.45) is 1.80. The third-order valence-corrected chi connectivity index (χ3v) is 3.78. The van der Waals surface area contributed by atoms with Crippen molar-refractivity contribution in [2.24, 2.45) is 0 Å². The molecular weight excluding hydrogens is 278 g/mol. The van der Waals surface area contributed by atoms with Gasteiger partial charge in [0.25, 0.3) is 0 Å². The minimum Gasteiger partial charge on any atom is -0.481 e. The van der Waals surface area contributed by atoms with Crippen LogP contribution < -0.4 is 9.64 Å². The molecule has 0 radical (unpaired) electrons. The first-order valence-corrected chi connectivity index (χ1v) is 7.33. The minimum atomic E-state index is 0.138. The van der Waals surface area contributed by atoms with Crippen LogP contribution in [0.3, 0.4) is 0 Å². The van der Waals surface area contributed by atoms with Crippen LogP contribution in [0.5, 0.6) is 5.88 Å². The Bertz CT molecular complexity index is 628. The summed E-state index contributed by atoms with van der Waals surface area (Å²) in [6.45, 7) is 2.73. The Labute approximate surface area is 130 Å². The number of methoxy groups -OCH3 is 1. The first kappa shape index (κ1) is 14.5. The lowest BCUT2D eigenvalue weighted by Gasteiger charge is -2.34. The molecule has 3 rings (SSSR count). The second kappa shape index (κ2) is 6.58. The van der Waals surface area contributed by atoms with Gasteiger partial charge < -0.3 is 9.64 Å². The summed E-state index contributed by atoms with van der Waals surface area (Å²) in [5.41, 5.74) is 2.06. The molecule has 22 heavy (non-hydrogen) atoms. The van der Waals surface area contributed by atoms with Crippen LogP contribution in [0.2, 0.25) is 0 Å². The number of rotatable bonds is 4. The van der Waals surface area contributed by atoms with Crippen molar-refractivity contribution in [1.29, 1.82) is 0 Å². The van der Waals surface area contributed by atoms with Gasteiger partial charge in [-0.05, 0) is 17.7 Å². The molecule has 5 nitrogen and oxygen atoms in total.